The number of rotatable bonds is 10. The van der Waals surface area contributed by atoms with E-state index in [9.17, 15) is 18.0 Å². The fourth-order valence-corrected chi connectivity index (χ4v) is 3.86. The van der Waals surface area contributed by atoms with Crippen LogP contribution in [0, 0.1) is 26.9 Å². The molecule has 0 atom stereocenters. The number of benzene rings is 2. The second kappa shape index (κ2) is 12.2. The molecule has 3 N–H and O–H groups in total. The van der Waals surface area contributed by atoms with Crippen LogP contribution in [0.2, 0.25) is 0 Å². The van der Waals surface area contributed by atoms with Gasteiger partial charge in [0.25, 0.3) is 5.91 Å². The topological polar surface area (TPSA) is 92.2 Å². The van der Waals surface area contributed by atoms with Crippen LogP contribution >= 0.6 is 22.6 Å². The number of carbonyl (C=O) groups is 1. The monoisotopic (exact) mass is 577 g/mol. The number of amides is 1. The molecule has 0 unspecified atom stereocenters. The molecule has 178 valence electrons. The average molecular weight is 577 g/mol. The second-order valence-corrected chi connectivity index (χ2v) is 8.70. The summed E-state index contributed by atoms with van der Waals surface area (Å²) in [6.45, 7) is -0.213. The summed E-state index contributed by atoms with van der Waals surface area (Å²) in [5.41, 5.74) is 0.602. The summed E-state index contributed by atoms with van der Waals surface area (Å²) in [4.78, 5) is 22.6. The lowest BCUT2D eigenvalue weighted by atomic mass is 10.1. The largest absolute Gasteiger partial charge is 0.396 e. The quantitative estimate of drug-likeness (QED) is 0.166. The van der Waals surface area contributed by atoms with E-state index < -0.39 is 29.0 Å². The van der Waals surface area contributed by atoms with E-state index in [1.165, 1.54) is 12.1 Å². The highest BCUT2D eigenvalue weighted by atomic mass is 127. The van der Waals surface area contributed by atoms with E-state index >= 15 is 0 Å². The van der Waals surface area contributed by atoms with Crippen molar-refractivity contribution >= 4 is 46.1 Å². The summed E-state index contributed by atoms with van der Waals surface area (Å²) in [5, 5.41) is 15.0. The average Bonchev–Trinajstić information content (AvgIpc) is 3.31. The molecule has 0 aromatic heterocycles. The van der Waals surface area contributed by atoms with Gasteiger partial charge < -0.3 is 15.3 Å². The molecule has 0 heterocycles. The van der Waals surface area contributed by atoms with Crippen LogP contribution in [0.4, 0.5) is 24.5 Å². The Hall–Kier alpha value is -2.38. The van der Waals surface area contributed by atoms with Crippen molar-refractivity contribution in [3.05, 3.63) is 56.4 Å². The Morgan fingerprint density at radius 3 is 2.67 bits per heavy atom. The molecule has 1 aliphatic carbocycles. The van der Waals surface area contributed by atoms with Crippen LogP contribution in [-0.4, -0.2) is 37.0 Å². The number of halogens is 4. The lowest BCUT2D eigenvalue weighted by Crippen LogP contribution is -2.26. The highest BCUT2D eigenvalue weighted by Crippen LogP contribution is 2.30. The van der Waals surface area contributed by atoms with Gasteiger partial charge in [0.15, 0.2) is 11.6 Å². The summed E-state index contributed by atoms with van der Waals surface area (Å²) in [6.07, 6.45) is 5.31. The molecule has 1 amide bonds. The van der Waals surface area contributed by atoms with Gasteiger partial charge in [-0.05, 0) is 65.6 Å². The van der Waals surface area contributed by atoms with E-state index in [-0.39, 0.29) is 30.0 Å². The molecule has 3 rings (SSSR count). The molecular weight excluding hydrogens is 554 g/mol. The van der Waals surface area contributed by atoms with E-state index in [0.717, 1.165) is 38.0 Å². The highest BCUT2D eigenvalue weighted by Gasteiger charge is 2.23. The predicted octanol–water partition coefficient (Wildman–Crippen LogP) is 4.65. The molecular formula is C22H23F3IN3O4. The summed E-state index contributed by atoms with van der Waals surface area (Å²) in [5.74, 6) is -3.96. The molecule has 1 aliphatic rings. The highest BCUT2D eigenvalue weighted by molar-refractivity contribution is 14.1. The van der Waals surface area contributed by atoms with Crippen molar-refractivity contribution in [3.63, 3.8) is 0 Å². The molecule has 0 bridgehead atoms. The van der Waals surface area contributed by atoms with Gasteiger partial charge in [0.05, 0.1) is 36.4 Å². The Morgan fingerprint density at radius 2 is 1.97 bits per heavy atom. The Bertz CT molecular complexity index is 1020. The molecule has 11 heteroatoms. The zero-order valence-electron chi connectivity index (χ0n) is 17.5. The summed E-state index contributed by atoms with van der Waals surface area (Å²) in [7, 11) is 0. The van der Waals surface area contributed by atoms with Crippen LogP contribution in [-0.2, 0) is 9.68 Å². The molecule has 7 nitrogen and oxygen atoms in total. The first-order valence-corrected chi connectivity index (χ1v) is 11.4. The Morgan fingerprint density at radius 1 is 1.21 bits per heavy atom. The van der Waals surface area contributed by atoms with Gasteiger partial charge in [-0.2, -0.15) is 0 Å². The number of hydroxylamine groups is 1. The van der Waals surface area contributed by atoms with Gasteiger partial charge in [-0.3, -0.25) is 9.63 Å². The van der Waals surface area contributed by atoms with Crippen molar-refractivity contribution in [2.24, 2.45) is 11.1 Å². The number of hydrogen-bond acceptors (Lipinski definition) is 6. The Labute approximate surface area is 202 Å². The van der Waals surface area contributed by atoms with Gasteiger partial charge in [-0.25, -0.2) is 18.7 Å². The van der Waals surface area contributed by atoms with Gasteiger partial charge in [-0.1, -0.05) is 18.0 Å². The van der Waals surface area contributed by atoms with Crippen molar-refractivity contribution in [3.8, 4) is 0 Å². The third-order valence-corrected chi connectivity index (χ3v) is 5.75. The number of carbonyl (C=O) groups excluding carboxylic acids is 1. The molecule has 2 aromatic rings. The van der Waals surface area contributed by atoms with Crippen LogP contribution in [0.5, 0.6) is 0 Å². The van der Waals surface area contributed by atoms with E-state index in [1.54, 1.807) is 6.07 Å². The maximum Gasteiger partial charge on any atom is 0.277 e. The second-order valence-electron chi connectivity index (χ2n) is 7.45. The van der Waals surface area contributed by atoms with Gasteiger partial charge in [0, 0.05) is 9.13 Å². The number of aliphatic hydroxyl groups is 1. The van der Waals surface area contributed by atoms with E-state index in [2.05, 4.69) is 10.5 Å². The predicted molar refractivity (Wildman–Crippen MR) is 125 cm³/mol. The fraction of sp³-hybridized carbons (Fsp3) is 0.364. The molecule has 2 aromatic carbocycles. The molecule has 1 saturated carbocycles. The van der Waals surface area contributed by atoms with Crippen LogP contribution in [0.15, 0.2) is 29.4 Å². The van der Waals surface area contributed by atoms with E-state index in [0.29, 0.717) is 16.1 Å². The Kier molecular flexibility index (Phi) is 9.32. The van der Waals surface area contributed by atoms with Gasteiger partial charge in [-0.15, -0.1) is 0 Å². The maximum absolute atomic E-state index is 15.0. The van der Waals surface area contributed by atoms with Gasteiger partial charge in [0.2, 0.25) is 0 Å². The maximum atomic E-state index is 15.0. The van der Waals surface area contributed by atoms with Crippen molar-refractivity contribution < 1.29 is 32.7 Å². The smallest absolute Gasteiger partial charge is 0.277 e. The van der Waals surface area contributed by atoms with Crippen molar-refractivity contribution in [1.29, 1.82) is 0 Å². The number of hydrogen-bond donors (Lipinski definition) is 3. The van der Waals surface area contributed by atoms with Crippen LogP contribution in [0.1, 0.15) is 41.6 Å². The van der Waals surface area contributed by atoms with Crippen LogP contribution in [0.25, 0.3) is 0 Å². The molecule has 0 saturated heterocycles. The summed E-state index contributed by atoms with van der Waals surface area (Å²) >= 11 is 1.90. The first kappa shape index (κ1) is 25.2. The minimum atomic E-state index is -1.40. The lowest BCUT2D eigenvalue weighted by molar-refractivity contribution is 0.0168. The third kappa shape index (κ3) is 6.81. The van der Waals surface area contributed by atoms with Crippen molar-refractivity contribution in [2.45, 2.75) is 25.7 Å². The number of nitrogens with one attached hydrogen (secondary N) is 2. The van der Waals surface area contributed by atoms with Gasteiger partial charge >= 0.3 is 0 Å². The number of nitrogens with zero attached hydrogens (tertiary/aromatic N) is 1. The number of oxime groups is 1. The lowest BCUT2D eigenvalue weighted by Gasteiger charge is -2.15. The van der Waals surface area contributed by atoms with Crippen molar-refractivity contribution in [2.75, 3.05) is 25.1 Å². The summed E-state index contributed by atoms with van der Waals surface area (Å²) in [6, 6.07) is 5.15. The first-order valence-electron chi connectivity index (χ1n) is 10.3. The molecule has 0 radical (unpaired) electrons. The molecule has 0 spiro atoms. The third-order valence-electron chi connectivity index (χ3n) is 5.08. The molecule has 0 aliphatic heterocycles. The fourth-order valence-electron chi connectivity index (χ4n) is 3.40. The van der Waals surface area contributed by atoms with E-state index in [1.807, 2.05) is 28.1 Å². The SMILES string of the molecule is O=C(NOCCO)c1cc(/C=N/OCC2CCCC2)c(F)c(F)c1Nc1ccc(I)cc1F. The minimum Gasteiger partial charge on any atom is -0.396 e. The van der Waals surface area contributed by atoms with E-state index in [4.69, 9.17) is 14.8 Å². The molecule has 33 heavy (non-hydrogen) atoms. The number of anilines is 2. The minimum absolute atomic E-state index is 0.152. The zero-order chi connectivity index (χ0) is 23.8. The zero-order valence-corrected chi connectivity index (χ0v) is 19.7. The number of aliphatic hydroxyl groups excluding tert-OH is 1. The van der Waals surface area contributed by atoms with Crippen LogP contribution < -0.4 is 10.8 Å². The normalized spacial score (nSPS) is 14.1. The summed E-state index contributed by atoms with van der Waals surface area (Å²) < 4.78 is 44.6. The first-order chi connectivity index (χ1) is 15.9. The van der Waals surface area contributed by atoms with Gasteiger partial charge in [0.1, 0.15) is 12.4 Å². The van der Waals surface area contributed by atoms with Crippen molar-refractivity contribution in [1.82, 2.24) is 5.48 Å². The molecule has 1 fully saturated rings. The standard InChI is InChI=1S/C22H23F3IN3O4/c23-17-10-15(26)5-6-18(17)28-21-16(22(31)29-32-8-7-30)9-14(19(24)20(21)25)11-27-33-12-13-3-1-2-4-13/h5-6,9-11,13,28,30H,1-4,7-8,12H2,(H,29,31)/b27-11+. The van der Waals surface area contributed by atoms with Crippen LogP contribution in [0.3, 0.4) is 0 Å². The Balaban J connectivity index is 1.89.